The predicted octanol–water partition coefficient (Wildman–Crippen LogP) is 3.51. The number of hydrogen-bond donors (Lipinski definition) is 1. The second-order valence-electron chi connectivity index (χ2n) is 4.94. The number of rotatable bonds is 2. The summed E-state index contributed by atoms with van der Waals surface area (Å²) in [6.45, 7) is 3.09. The molecule has 1 fully saturated rings. The number of benzene rings is 1. The molecule has 0 bridgehead atoms. The minimum atomic E-state index is -0.653. The van der Waals surface area contributed by atoms with Crippen LogP contribution in [0.4, 0.5) is 14.5 Å². The van der Waals surface area contributed by atoms with Gasteiger partial charge in [-0.1, -0.05) is 11.6 Å². The van der Waals surface area contributed by atoms with Gasteiger partial charge in [0.15, 0.2) is 5.82 Å². The van der Waals surface area contributed by atoms with Gasteiger partial charge in [0.25, 0.3) is 0 Å². The lowest BCUT2D eigenvalue weighted by Crippen LogP contribution is -2.42. The van der Waals surface area contributed by atoms with Gasteiger partial charge < -0.3 is 10.2 Å². The molecule has 100 valence electrons. The predicted molar refractivity (Wildman–Crippen MR) is 70.1 cm³/mol. The van der Waals surface area contributed by atoms with Crippen molar-refractivity contribution in [2.45, 2.75) is 31.8 Å². The summed E-state index contributed by atoms with van der Waals surface area (Å²) in [6.07, 6.45) is 1.84. The largest absolute Gasteiger partial charge is 0.379 e. The standard InChI is InChI=1S/C13H17ClF2N2/c1-8-5-10(3-4-18(8)2)17-13-11(14)6-9(15)7-12(13)16/h6-8,10,17H,3-5H2,1-2H3. The van der Waals surface area contributed by atoms with Gasteiger partial charge >= 0.3 is 0 Å². The molecule has 0 aromatic heterocycles. The van der Waals surface area contributed by atoms with Crippen LogP contribution in [0.2, 0.25) is 5.02 Å². The zero-order valence-electron chi connectivity index (χ0n) is 10.5. The summed E-state index contributed by atoms with van der Waals surface area (Å²) in [6, 6.07) is 2.60. The molecule has 1 aromatic rings. The van der Waals surface area contributed by atoms with Crippen LogP contribution < -0.4 is 5.32 Å². The second kappa shape index (κ2) is 5.41. The van der Waals surface area contributed by atoms with E-state index in [9.17, 15) is 8.78 Å². The molecule has 5 heteroatoms. The summed E-state index contributed by atoms with van der Waals surface area (Å²) in [4.78, 5) is 2.26. The molecule has 2 nitrogen and oxygen atoms in total. The van der Waals surface area contributed by atoms with E-state index < -0.39 is 11.6 Å². The van der Waals surface area contributed by atoms with Gasteiger partial charge in [0.1, 0.15) is 5.82 Å². The molecule has 0 saturated carbocycles. The van der Waals surface area contributed by atoms with Crippen LogP contribution in [0.5, 0.6) is 0 Å². The molecule has 0 spiro atoms. The number of likely N-dealkylation sites (tertiary alicyclic amines) is 1. The maximum absolute atomic E-state index is 13.6. The maximum Gasteiger partial charge on any atom is 0.150 e. The Hall–Kier alpha value is -0.870. The maximum atomic E-state index is 13.6. The molecular weight excluding hydrogens is 258 g/mol. The number of hydrogen-bond acceptors (Lipinski definition) is 2. The summed E-state index contributed by atoms with van der Waals surface area (Å²) in [5.74, 6) is -1.29. The van der Waals surface area contributed by atoms with Gasteiger partial charge in [-0.15, -0.1) is 0 Å². The van der Waals surface area contributed by atoms with E-state index in [2.05, 4.69) is 24.2 Å². The molecule has 1 aromatic carbocycles. The Morgan fingerprint density at radius 1 is 1.39 bits per heavy atom. The molecule has 1 aliphatic rings. The highest BCUT2D eigenvalue weighted by Gasteiger charge is 2.24. The molecule has 1 saturated heterocycles. The highest BCUT2D eigenvalue weighted by Crippen LogP contribution is 2.29. The van der Waals surface area contributed by atoms with E-state index in [0.717, 1.165) is 31.5 Å². The minimum Gasteiger partial charge on any atom is -0.379 e. The number of nitrogens with one attached hydrogen (secondary N) is 1. The molecule has 18 heavy (non-hydrogen) atoms. The summed E-state index contributed by atoms with van der Waals surface area (Å²) in [5.41, 5.74) is 0.208. The van der Waals surface area contributed by atoms with Crippen molar-refractivity contribution in [3.8, 4) is 0 Å². The minimum absolute atomic E-state index is 0.0964. The first-order chi connectivity index (χ1) is 8.47. The Balaban J connectivity index is 2.10. The highest BCUT2D eigenvalue weighted by atomic mass is 35.5. The zero-order chi connectivity index (χ0) is 13.3. The topological polar surface area (TPSA) is 15.3 Å². The third-order valence-corrected chi connectivity index (χ3v) is 3.86. The smallest absolute Gasteiger partial charge is 0.150 e. The first-order valence-corrected chi connectivity index (χ1v) is 6.46. The number of anilines is 1. The molecule has 2 unspecified atom stereocenters. The van der Waals surface area contributed by atoms with Gasteiger partial charge in [-0.3, -0.25) is 0 Å². The third-order valence-electron chi connectivity index (χ3n) is 3.56. The molecule has 1 N–H and O–H groups in total. The van der Waals surface area contributed by atoms with Crippen LogP contribution in [-0.4, -0.2) is 30.6 Å². The Kier molecular flexibility index (Phi) is 4.07. The first kappa shape index (κ1) is 13.6. The summed E-state index contributed by atoms with van der Waals surface area (Å²) < 4.78 is 26.6. The number of nitrogens with zero attached hydrogens (tertiary/aromatic N) is 1. The van der Waals surface area contributed by atoms with Crippen molar-refractivity contribution in [3.63, 3.8) is 0 Å². The molecule has 1 aliphatic heterocycles. The van der Waals surface area contributed by atoms with E-state index in [1.165, 1.54) is 0 Å². The van der Waals surface area contributed by atoms with Gasteiger partial charge in [-0.2, -0.15) is 0 Å². The monoisotopic (exact) mass is 274 g/mol. The van der Waals surface area contributed by atoms with Gasteiger partial charge in [0.05, 0.1) is 10.7 Å². The Morgan fingerprint density at radius 3 is 2.72 bits per heavy atom. The molecular formula is C13H17ClF2N2. The van der Waals surface area contributed by atoms with Crippen LogP contribution >= 0.6 is 11.6 Å². The van der Waals surface area contributed by atoms with E-state index in [4.69, 9.17) is 11.6 Å². The van der Waals surface area contributed by atoms with Crippen molar-refractivity contribution in [2.24, 2.45) is 0 Å². The van der Waals surface area contributed by atoms with Crippen molar-refractivity contribution in [1.82, 2.24) is 4.90 Å². The third kappa shape index (κ3) is 2.93. The van der Waals surface area contributed by atoms with Crippen LogP contribution in [0.3, 0.4) is 0 Å². The van der Waals surface area contributed by atoms with Crippen LogP contribution in [-0.2, 0) is 0 Å². The van der Waals surface area contributed by atoms with Gasteiger partial charge in [0.2, 0.25) is 0 Å². The average Bonchev–Trinajstić information content (AvgIpc) is 2.28. The lowest BCUT2D eigenvalue weighted by Gasteiger charge is -2.36. The SMILES string of the molecule is CC1CC(Nc2c(F)cc(F)cc2Cl)CCN1C. The van der Waals surface area contributed by atoms with Crippen molar-refractivity contribution in [1.29, 1.82) is 0 Å². The summed E-state index contributed by atoms with van der Waals surface area (Å²) in [5, 5.41) is 3.19. The Morgan fingerprint density at radius 2 is 2.11 bits per heavy atom. The summed E-state index contributed by atoms with van der Waals surface area (Å²) in [7, 11) is 2.08. The fourth-order valence-electron chi connectivity index (χ4n) is 2.30. The molecule has 1 heterocycles. The Bertz CT molecular complexity index is 416. The quantitative estimate of drug-likeness (QED) is 0.888. The van der Waals surface area contributed by atoms with E-state index in [1.807, 2.05) is 0 Å². The van der Waals surface area contributed by atoms with Crippen molar-refractivity contribution < 1.29 is 8.78 Å². The second-order valence-corrected chi connectivity index (χ2v) is 5.35. The van der Waals surface area contributed by atoms with Crippen LogP contribution in [0, 0.1) is 11.6 Å². The number of piperidine rings is 1. The van der Waals surface area contributed by atoms with Crippen LogP contribution in [0.1, 0.15) is 19.8 Å². The van der Waals surface area contributed by atoms with E-state index >= 15 is 0 Å². The van der Waals surface area contributed by atoms with Crippen molar-refractivity contribution >= 4 is 17.3 Å². The normalized spacial score (nSPS) is 25.2. The molecule has 2 atom stereocenters. The van der Waals surface area contributed by atoms with Crippen LogP contribution in [0.15, 0.2) is 12.1 Å². The lowest BCUT2D eigenvalue weighted by molar-refractivity contribution is 0.190. The zero-order valence-corrected chi connectivity index (χ0v) is 11.3. The highest BCUT2D eigenvalue weighted by molar-refractivity contribution is 6.33. The molecule has 0 radical (unpaired) electrons. The van der Waals surface area contributed by atoms with Gasteiger partial charge in [-0.25, -0.2) is 8.78 Å². The van der Waals surface area contributed by atoms with Gasteiger partial charge in [0, 0.05) is 24.7 Å². The fraction of sp³-hybridized carbons (Fsp3) is 0.538. The number of halogens is 3. The fourth-order valence-corrected chi connectivity index (χ4v) is 2.55. The molecule has 0 amide bonds. The lowest BCUT2D eigenvalue weighted by atomic mass is 9.98. The Labute approximate surface area is 111 Å². The average molecular weight is 275 g/mol. The van der Waals surface area contributed by atoms with E-state index in [-0.39, 0.29) is 16.8 Å². The van der Waals surface area contributed by atoms with E-state index in [0.29, 0.717) is 6.04 Å². The molecule has 2 rings (SSSR count). The summed E-state index contributed by atoms with van der Waals surface area (Å²) >= 11 is 5.87. The van der Waals surface area contributed by atoms with E-state index in [1.54, 1.807) is 0 Å². The van der Waals surface area contributed by atoms with Crippen molar-refractivity contribution in [2.75, 3.05) is 18.9 Å². The van der Waals surface area contributed by atoms with Gasteiger partial charge in [-0.05, 0) is 32.9 Å². The first-order valence-electron chi connectivity index (χ1n) is 6.08. The van der Waals surface area contributed by atoms with Crippen molar-refractivity contribution in [3.05, 3.63) is 28.8 Å². The van der Waals surface area contributed by atoms with Crippen LogP contribution in [0.25, 0.3) is 0 Å². The molecule has 0 aliphatic carbocycles.